The highest BCUT2D eigenvalue weighted by Gasteiger charge is 2.33. The van der Waals surface area contributed by atoms with Crippen LogP contribution in [0.15, 0.2) is 59.7 Å². The summed E-state index contributed by atoms with van der Waals surface area (Å²) in [4.78, 5) is 58.4. The summed E-state index contributed by atoms with van der Waals surface area (Å²) >= 11 is 0. The largest absolute Gasteiger partial charge is 0.508 e. The van der Waals surface area contributed by atoms with Gasteiger partial charge in [0.25, 0.3) is 0 Å². The van der Waals surface area contributed by atoms with Crippen LogP contribution in [0.4, 0.5) is 0 Å². The first-order valence-corrected chi connectivity index (χ1v) is 14.3. The molecule has 0 radical (unpaired) electrons. The number of phenolic OH excluding ortho intramolecular Hbond substituents is 1. The van der Waals surface area contributed by atoms with Crippen molar-refractivity contribution in [2.45, 2.75) is 62.9 Å². The molecule has 0 fully saturated rings. The normalized spacial score (nSPS) is 14.4. The molecule has 45 heavy (non-hydrogen) atoms. The third-order valence-electron chi connectivity index (χ3n) is 7.08. The molecule has 1 heterocycles. The molecule has 5 atom stereocenters. The maximum atomic E-state index is 13.5. The molecule has 13 N–H and O–H groups in total. The van der Waals surface area contributed by atoms with E-state index in [4.69, 9.17) is 17.2 Å². The first-order chi connectivity index (χ1) is 21.3. The summed E-state index contributed by atoms with van der Waals surface area (Å²) in [5.74, 6) is -3.89. The molecular weight excluding hydrogens is 584 g/mol. The highest BCUT2D eigenvalue weighted by molar-refractivity contribution is 5.95. The van der Waals surface area contributed by atoms with Crippen molar-refractivity contribution in [1.29, 1.82) is 0 Å². The number of nitrogens with two attached hydrogens (primary N) is 3. The highest BCUT2D eigenvalue weighted by atomic mass is 16.4. The second kappa shape index (κ2) is 16.1. The number of fused-ring (bicyclic) bond motifs is 1. The Kier molecular flexibility index (Phi) is 12.3. The summed E-state index contributed by atoms with van der Waals surface area (Å²) < 4.78 is 0. The lowest BCUT2D eigenvalue weighted by atomic mass is 10.0. The molecule has 0 saturated heterocycles. The molecule has 3 rings (SSSR count). The minimum absolute atomic E-state index is 0.00154. The number of nitrogens with one attached hydrogen (secondary N) is 4. The monoisotopic (exact) mass is 624 g/mol. The van der Waals surface area contributed by atoms with Gasteiger partial charge in [-0.1, -0.05) is 30.3 Å². The minimum Gasteiger partial charge on any atom is -0.508 e. The number of aliphatic carboxylic acids is 1. The smallest absolute Gasteiger partial charge is 0.326 e. The quantitative estimate of drug-likeness (QED) is 0.0525. The number of aliphatic imine (C=N–C) groups is 1. The van der Waals surface area contributed by atoms with E-state index < -0.39 is 54.0 Å². The number of guanidine groups is 1. The number of nitrogens with zero attached hydrogens (tertiary/aromatic N) is 1. The molecule has 0 aliphatic rings. The number of carboxylic acids is 1. The number of benzene rings is 2. The van der Waals surface area contributed by atoms with E-state index in [-0.39, 0.29) is 43.9 Å². The molecule has 15 nitrogen and oxygen atoms in total. The Morgan fingerprint density at radius 1 is 0.911 bits per heavy atom. The van der Waals surface area contributed by atoms with Crippen LogP contribution in [0.3, 0.4) is 0 Å². The lowest BCUT2D eigenvalue weighted by Gasteiger charge is -2.26. The van der Waals surface area contributed by atoms with Crippen molar-refractivity contribution in [3.05, 3.63) is 65.9 Å². The molecule has 2 aromatic carbocycles. The number of rotatable bonds is 16. The van der Waals surface area contributed by atoms with Crippen LogP contribution in [0, 0.1) is 0 Å². The van der Waals surface area contributed by atoms with Crippen molar-refractivity contribution in [3.63, 3.8) is 0 Å². The van der Waals surface area contributed by atoms with Gasteiger partial charge in [-0.3, -0.25) is 19.4 Å². The third kappa shape index (κ3) is 10.2. The van der Waals surface area contributed by atoms with E-state index in [0.717, 1.165) is 16.5 Å². The van der Waals surface area contributed by atoms with E-state index >= 15 is 0 Å². The number of carboxylic acid groups (broad SMARTS) is 1. The van der Waals surface area contributed by atoms with Gasteiger partial charge in [-0.25, -0.2) is 4.79 Å². The fraction of sp³-hybridized carbons (Fsp3) is 0.367. The van der Waals surface area contributed by atoms with Gasteiger partial charge in [0.2, 0.25) is 17.7 Å². The summed E-state index contributed by atoms with van der Waals surface area (Å²) in [5, 5.41) is 37.9. The van der Waals surface area contributed by atoms with E-state index in [1.165, 1.54) is 19.1 Å². The summed E-state index contributed by atoms with van der Waals surface area (Å²) in [6.07, 6.45) is 0.664. The summed E-state index contributed by atoms with van der Waals surface area (Å²) in [7, 11) is 0. The van der Waals surface area contributed by atoms with Gasteiger partial charge in [-0.2, -0.15) is 0 Å². The Morgan fingerprint density at radius 3 is 2.22 bits per heavy atom. The van der Waals surface area contributed by atoms with Crippen molar-refractivity contribution in [2.24, 2.45) is 22.2 Å². The van der Waals surface area contributed by atoms with Gasteiger partial charge in [0.05, 0.1) is 12.1 Å². The first-order valence-electron chi connectivity index (χ1n) is 14.3. The average Bonchev–Trinajstić information content (AvgIpc) is 3.39. The third-order valence-corrected chi connectivity index (χ3v) is 7.08. The summed E-state index contributed by atoms with van der Waals surface area (Å²) in [6.45, 7) is 1.39. The molecule has 0 aliphatic heterocycles. The van der Waals surface area contributed by atoms with Crippen LogP contribution in [0.1, 0.15) is 30.9 Å². The van der Waals surface area contributed by atoms with Gasteiger partial charge < -0.3 is 53.5 Å². The van der Waals surface area contributed by atoms with Crippen LogP contribution in [0.5, 0.6) is 5.75 Å². The maximum absolute atomic E-state index is 13.5. The number of amides is 3. The van der Waals surface area contributed by atoms with E-state index in [2.05, 4.69) is 25.9 Å². The first kappa shape index (κ1) is 34.3. The number of carbonyl (C=O) groups excluding carboxylic acids is 3. The van der Waals surface area contributed by atoms with E-state index in [0.29, 0.717) is 5.56 Å². The zero-order valence-electron chi connectivity index (χ0n) is 24.8. The molecule has 0 saturated carbocycles. The molecule has 15 heteroatoms. The van der Waals surface area contributed by atoms with Crippen molar-refractivity contribution in [1.82, 2.24) is 20.9 Å². The van der Waals surface area contributed by atoms with Crippen LogP contribution in [0.2, 0.25) is 0 Å². The van der Waals surface area contributed by atoms with E-state index in [1.807, 2.05) is 24.3 Å². The second-order valence-corrected chi connectivity index (χ2v) is 10.7. The average molecular weight is 625 g/mol. The molecule has 242 valence electrons. The number of hydrogen-bond acceptors (Lipinski definition) is 8. The summed E-state index contributed by atoms with van der Waals surface area (Å²) in [5.41, 5.74) is 19.0. The number of hydrogen-bond donors (Lipinski definition) is 10. The number of aliphatic hydroxyl groups is 1. The number of carbonyl (C=O) groups is 4. The summed E-state index contributed by atoms with van der Waals surface area (Å²) in [6, 6.07) is 8.29. The zero-order valence-corrected chi connectivity index (χ0v) is 24.8. The number of aromatic hydroxyl groups is 1. The van der Waals surface area contributed by atoms with Crippen LogP contribution in [-0.4, -0.2) is 86.8 Å². The number of para-hydroxylation sites is 1. The Bertz CT molecular complexity index is 1500. The van der Waals surface area contributed by atoms with Crippen molar-refractivity contribution >= 4 is 40.6 Å². The Labute approximate surface area is 259 Å². The van der Waals surface area contributed by atoms with Crippen molar-refractivity contribution in [3.8, 4) is 5.75 Å². The second-order valence-electron chi connectivity index (χ2n) is 10.7. The van der Waals surface area contributed by atoms with E-state index in [9.17, 15) is 34.5 Å². The fourth-order valence-corrected chi connectivity index (χ4v) is 4.67. The lowest BCUT2D eigenvalue weighted by molar-refractivity contribution is -0.143. The molecule has 3 aromatic rings. The predicted octanol–water partition coefficient (Wildman–Crippen LogP) is -1.04. The van der Waals surface area contributed by atoms with Gasteiger partial charge in [-0.15, -0.1) is 0 Å². The van der Waals surface area contributed by atoms with E-state index in [1.54, 1.807) is 18.3 Å². The number of aromatic nitrogens is 1. The molecular formula is C30H40N8O7. The molecule has 0 spiro atoms. The van der Waals surface area contributed by atoms with Gasteiger partial charge in [0, 0.05) is 30.1 Å². The van der Waals surface area contributed by atoms with Gasteiger partial charge in [0.15, 0.2) is 5.96 Å². The molecule has 0 aliphatic carbocycles. The Hall–Kier alpha value is -5.15. The topological polar surface area (TPSA) is 271 Å². The van der Waals surface area contributed by atoms with Crippen LogP contribution >= 0.6 is 0 Å². The van der Waals surface area contributed by atoms with Gasteiger partial charge in [0.1, 0.15) is 23.9 Å². The van der Waals surface area contributed by atoms with Crippen LogP contribution in [0.25, 0.3) is 10.9 Å². The highest BCUT2D eigenvalue weighted by Crippen LogP contribution is 2.19. The molecule has 5 unspecified atom stereocenters. The molecule has 3 amide bonds. The lowest BCUT2D eigenvalue weighted by Crippen LogP contribution is -2.60. The standard InChI is InChI=1S/C30H40N8O7/c1-16(39)25(28(43)36-23(29(44)45)7-4-12-34-30(32)33)38-27(42)24(13-17-8-10-19(40)11-9-17)37-26(41)21(31)14-18-15-35-22-6-3-2-5-20(18)22/h2-3,5-6,8-11,15-16,21,23-25,35,39-40H,4,7,12-14,31H2,1H3,(H,36,43)(H,37,41)(H,38,42)(H,44,45)(H4,32,33,34). The minimum atomic E-state index is -1.56. The fourth-order valence-electron chi connectivity index (χ4n) is 4.67. The molecule has 0 bridgehead atoms. The number of aliphatic hydroxyl groups excluding tert-OH is 1. The van der Waals surface area contributed by atoms with Crippen LogP contribution in [-0.2, 0) is 32.0 Å². The Morgan fingerprint density at radius 2 is 1.58 bits per heavy atom. The number of phenols is 1. The SMILES string of the molecule is CC(O)C(NC(=O)C(Cc1ccc(O)cc1)NC(=O)C(N)Cc1c[nH]c2ccccc12)C(=O)NC(CCCN=C(N)N)C(=O)O. The zero-order chi connectivity index (χ0) is 33.1. The Balaban J connectivity index is 1.74. The molecule has 1 aromatic heterocycles. The predicted molar refractivity (Wildman–Crippen MR) is 167 cm³/mol. The number of H-pyrrole nitrogens is 1. The van der Waals surface area contributed by atoms with Crippen molar-refractivity contribution < 1.29 is 34.5 Å². The number of aromatic amines is 1. The van der Waals surface area contributed by atoms with Gasteiger partial charge in [-0.05, 0) is 55.5 Å². The van der Waals surface area contributed by atoms with Gasteiger partial charge >= 0.3 is 5.97 Å². The van der Waals surface area contributed by atoms with Crippen molar-refractivity contribution in [2.75, 3.05) is 6.54 Å². The maximum Gasteiger partial charge on any atom is 0.326 e. The van der Waals surface area contributed by atoms with Crippen LogP contribution < -0.4 is 33.2 Å².